The van der Waals surface area contributed by atoms with Crippen molar-refractivity contribution >= 4 is 11.8 Å². The van der Waals surface area contributed by atoms with Gasteiger partial charge in [-0.1, -0.05) is 12.1 Å². The highest BCUT2D eigenvalue weighted by atomic mass is 19.1. The summed E-state index contributed by atoms with van der Waals surface area (Å²) in [7, 11) is 0. The fraction of sp³-hybridized carbons (Fsp3) is 0.350. The quantitative estimate of drug-likeness (QED) is 0.905. The molecule has 0 aliphatic carbocycles. The van der Waals surface area contributed by atoms with Crippen molar-refractivity contribution in [1.29, 1.82) is 5.26 Å². The van der Waals surface area contributed by atoms with Crippen LogP contribution in [0.25, 0.3) is 0 Å². The molecule has 1 aromatic heterocycles. The average Bonchev–Trinajstić information content (AvgIpc) is 2.95. The third kappa shape index (κ3) is 4.53. The number of urea groups is 1. The SMILES string of the molecule is Cc1cc(CNC(=O)N2CCCN(c3ncccc3C#N)CC2)ccc1F. The van der Waals surface area contributed by atoms with Gasteiger partial charge in [-0.25, -0.2) is 14.2 Å². The molecule has 1 saturated heterocycles. The van der Waals surface area contributed by atoms with E-state index < -0.39 is 0 Å². The van der Waals surface area contributed by atoms with E-state index in [9.17, 15) is 14.4 Å². The summed E-state index contributed by atoms with van der Waals surface area (Å²) in [6.07, 6.45) is 2.47. The molecule has 0 spiro atoms. The van der Waals surface area contributed by atoms with Crippen molar-refractivity contribution in [3.05, 3.63) is 59.0 Å². The number of hydrogen-bond donors (Lipinski definition) is 1. The molecule has 1 aliphatic heterocycles. The summed E-state index contributed by atoms with van der Waals surface area (Å²) in [5, 5.41) is 12.2. The number of carbonyl (C=O) groups excluding carboxylic acids is 1. The van der Waals surface area contributed by atoms with Crippen LogP contribution in [0, 0.1) is 24.1 Å². The standard InChI is InChI=1S/C20H22FN5O/c1-15-12-16(5-6-18(15)21)14-24-20(27)26-9-3-8-25(10-11-26)19-17(13-22)4-2-7-23-19/h2,4-7,12H,3,8-11,14H2,1H3,(H,24,27). The molecular formula is C20H22FN5O. The van der Waals surface area contributed by atoms with Gasteiger partial charge in [-0.05, 0) is 42.7 Å². The predicted octanol–water partition coefficient (Wildman–Crippen LogP) is 2.82. The Bertz CT molecular complexity index is 864. The zero-order valence-corrected chi connectivity index (χ0v) is 15.3. The van der Waals surface area contributed by atoms with Crippen LogP contribution in [0.5, 0.6) is 0 Å². The topological polar surface area (TPSA) is 72.3 Å². The molecule has 1 fully saturated rings. The van der Waals surface area contributed by atoms with Gasteiger partial charge in [-0.3, -0.25) is 0 Å². The zero-order valence-electron chi connectivity index (χ0n) is 15.3. The molecule has 1 aromatic carbocycles. The third-order valence-corrected chi connectivity index (χ3v) is 4.66. The molecule has 0 bridgehead atoms. The van der Waals surface area contributed by atoms with Crippen LogP contribution in [0.4, 0.5) is 15.0 Å². The van der Waals surface area contributed by atoms with E-state index in [-0.39, 0.29) is 11.8 Å². The largest absolute Gasteiger partial charge is 0.354 e. The smallest absolute Gasteiger partial charge is 0.317 e. The minimum absolute atomic E-state index is 0.139. The molecule has 6 nitrogen and oxygen atoms in total. The number of aromatic nitrogens is 1. The number of benzene rings is 1. The van der Waals surface area contributed by atoms with Gasteiger partial charge in [-0.2, -0.15) is 5.26 Å². The summed E-state index contributed by atoms with van der Waals surface area (Å²) in [4.78, 5) is 20.6. The van der Waals surface area contributed by atoms with Gasteiger partial charge in [0.05, 0.1) is 5.56 Å². The molecule has 2 heterocycles. The second-order valence-electron chi connectivity index (χ2n) is 6.56. The summed E-state index contributed by atoms with van der Waals surface area (Å²) in [6, 6.07) is 10.4. The van der Waals surface area contributed by atoms with Crippen molar-refractivity contribution < 1.29 is 9.18 Å². The Balaban J connectivity index is 1.58. The molecule has 2 aromatic rings. The minimum Gasteiger partial charge on any atom is -0.354 e. The fourth-order valence-corrected chi connectivity index (χ4v) is 3.17. The van der Waals surface area contributed by atoms with E-state index in [1.54, 1.807) is 42.3 Å². The maximum Gasteiger partial charge on any atom is 0.317 e. The highest BCUT2D eigenvalue weighted by Crippen LogP contribution is 2.18. The number of aryl methyl sites for hydroxylation is 1. The summed E-state index contributed by atoms with van der Waals surface area (Å²) >= 11 is 0. The van der Waals surface area contributed by atoms with Crippen molar-refractivity contribution in [2.24, 2.45) is 0 Å². The van der Waals surface area contributed by atoms with E-state index in [0.29, 0.717) is 43.1 Å². The number of amides is 2. The number of nitriles is 1. The Hall–Kier alpha value is -3.14. The van der Waals surface area contributed by atoms with Crippen LogP contribution >= 0.6 is 0 Å². The monoisotopic (exact) mass is 367 g/mol. The number of nitrogens with one attached hydrogen (secondary N) is 1. The molecule has 140 valence electrons. The van der Waals surface area contributed by atoms with Crippen molar-refractivity contribution in [3.63, 3.8) is 0 Å². The fourth-order valence-electron chi connectivity index (χ4n) is 3.17. The molecular weight excluding hydrogens is 345 g/mol. The lowest BCUT2D eigenvalue weighted by Gasteiger charge is -2.23. The van der Waals surface area contributed by atoms with Crippen LogP contribution in [-0.4, -0.2) is 42.1 Å². The maximum atomic E-state index is 13.3. The second kappa shape index (κ2) is 8.49. The predicted molar refractivity (Wildman–Crippen MR) is 101 cm³/mol. The van der Waals surface area contributed by atoms with Crippen LogP contribution < -0.4 is 10.2 Å². The lowest BCUT2D eigenvalue weighted by atomic mass is 10.1. The number of hydrogen-bond acceptors (Lipinski definition) is 4. The highest BCUT2D eigenvalue weighted by molar-refractivity contribution is 5.74. The van der Waals surface area contributed by atoms with E-state index in [2.05, 4.69) is 21.3 Å². The lowest BCUT2D eigenvalue weighted by molar-refractivity contribution is 0.201. The van der Waals surface area contributed by atoms with E-state index >= 15 is 0 Å². The second-order valence-corrected chi connectivity index (χ2v) is 6.56. The number of halogens is 1. The molecule has 2 amide bonds. The van der Waals surface area contributed by atoms with Crippen LogP contribution in [0.15, 0.2) is 36.5 Å². The Morgan fingerprint density at radius 1 is 1.30 bits per heavy atom. The number of rotatable bonds is 3. The molecule has 1 aliphatic rings. The Labute approximate surface area is 158 Å². The Kier molecular flexibility index (Phi) is 5.87. The van der Waals surface area contributed by atoms with Crippen molar-refractivity contribution in [2.45, 2.75) is 19.9 Å². The van der Waals surface area contributed by atoms with Crippen LogP contribution in [-0.2, 0) is 6.54 Å². The molecule has 0 radical (unpaired) electrons. The summed E-state index contributed by atoms with van der Waals surface area (Å²) in [5.74, 6) is 0.424. The molecule has 0 unspecified atom stereocenters. The van der Waals surface area contributed by atoms with Gasteiger partial charge < -0.3 is 15.1 Å². The van der Waals surface area contributed by atoms with E-state index in [4.69, 9.17) is 0 Å². The highest BCUT2D eigenvalue weighted by Gasteiger charge is 2.21. The summed E-state index contributed by atoms with van der Waals surface area (Å²) in [6.45, 7) is 4.62. The van der Waals surface area contributed by atoms with Crippen molar-refractivity contribution in [3.8, 4) is 6.07 Å². The lowest BCUT2D eigenvalue weighted by Crippen LogP contribution is -2.41. The van der Waals surface area contributed by atoms with E-state index in [1.165, 1.54) is 6.07 Å². The summed E-state index contributed by atoms with van der Waals surface area (Å²) in [5.41, 5.74) is 1.98. The minimum atomic E-state index is -0.246. The van der Waals surface area contributed by atoms with E-state index in [0.717, 1.165) is 18.5 Å². The first-order valence-electron chi connectivity index (χ1n) is 8.96. The van der Waals surface area contributed by atoms with Gasteiger partial charge in [0.1, 0.15) is 17.7 Å². The van der Waals surface area contributed by atoms with Crippen molar-refractivity contribution in [1.82, 2.24) is 15.2 Å². The third-order valence-electron chi connectivity index (χ3n) is 4.66. The summed E-state index contributed by atoms with van der Waals surface area (Å²) < 4.78 is 13.3. The first-order valence-corrected chi connectivity index (χ1v) is 8.96. The maximum absolute atomic E-state index is 13.3. The van der Waals surface area contributed by atoms with Gasteiger partial charge in [0.2, 0.25) is 0 Å². The molecule has 3 rings (SSSR count). The number of nitrogens with zero attached hydrogens (tertiary/aromatic N) is 4. The van der Waals surface area contributed by atoms with Crippen molar-refractivity contribution in [2.75, 3.05) is 31.1 Å². The molecule has 7 heteroatoms. The van der Waals surface area contributed by atoms with Gasteiger partial charge in [0, 0.05) is 38.9 Å². The Morgan fingerprint density at radius 2 is 2.15 bits per heavy atom. The first kappa shape index (κ1) is 18.6. The Morgan fingerprint density at radius 3 is 2.93 bits per heavy atom. The van der Waals surface area contributed by atoms with Crippen LogP contribution in [0.3, 0.4) is 0 Å². The van der Waals surface area contributed by atoms with Gasteiger partial charge in [-0.15, -0.1) is 0 Å². The molecule has 27 heavy (non-hydrogen) atoms. The first-order chi connectivity index (χ1) is 13.1. The van der Waals surface area contributed by atoms with Gasteiger partial charge in [0.15, 0.2) is 0 Å². The molecule has 0 saturated carbocycles. The normalized spacial score (nSPS) is 14.4. The van der Waals surface area contributed by atoms with Gasteiger partial charge in [0.25, 0.3) is 0 Å². The van der Waals surface area contributed by atoms with Crippen LogP contribution in [0.2, 0.25) is 0 Å². The average molecular weight is 367 g/mol. The number of pyridine rings is 1. The van der Waals surface area contributed by atoms with Crippen LogP contribution in [0.1, 0.15) is 23.1 Å². The van der Waals surface area contributed by atoms with E-state index in [1.807, 2.05) is 0 Å². The van der Waals surface area contributed by atoms with Gasteiger partial charge >= 0.3 is 6.03 Å². The zero-order chi connectivity index (χ0) is 19.2. The molecule has 1 N–H and O–H groups in total. The number of anilines is 1. The number of carbonyl (C=O) groups is 1. The molecule has 0 atom stereocenters.